The van der Waals surface area contributed by atoms with E-state index in [1.165, 1.54) is 31.3 Å². The highest BCUT2D eigenvalue weighted by Crippen LogP contribution is 2.27. The number of piperidine rings is 3. The van der Waals surface area contributed by atoms with Gasteiger partial charge in [-0.05, 0) is 54.8 Å². The van der Waals surface area contributed by atoms with Gasteiger partial charge in [0.25, 0.3) is 0 Å². The van der Waals surface area contributed by atoms with Gasteiger partial charge in [-0.2, -0.15) is 0 Å². The van der Waals surface area contributed by atoms with Gasteiger partial charge in [-0.1, -0.05) is 30.3 Å². The minimum absolute atomic E-state index is 0.326. The lowest BCUT2D eigenvalue weighted by molar-refractivity contribution is 0.0551. The molecule has 24 heavy (non-hydrogen) atoms. The van der Waals surface area contributed by atoms with Crippen LogP contribution in [0, 0.1) is 5.92 Å². The number of nitrogens with zero attached hydrogens (tertiary/aromatic N) is 1. The first-order chi connectivity index (χ1) is 11.8. The topological polar surface area (TPSA) is 44.7 Å². The molecule has 0 aliphatic carbocycles. The molecule has 0 aromatic heterocycles. The van der Waals surface area contributed by atoms with Crippen molar-refractivity contribution >= 4 is 10.8 Å². The zero-order valence-electron chi connectivity index (χ0n) is 14.0. The normalized spacial score (nSPS) is 27.3. The molecule has 2 aromatic rings. The number of fused-ring (bicyclic) bond motifs is 4. The molecular weight excluding hydrogens is 300 g/mol. The maximum atomic E-state index is 10.2. The number of aliphatic hydroxyl groups is 1. The number of rotatable bonds is 6. The van der Waals surface area contributed by atoms with Crippen LogP contribution in [0.2, 0.25) is 0 Å². The number of ether oxygens (including phenoxy) is 1. The highest BCUT2D eigenvalue weighted by atomic mass is 16.5. The fourth-order valence-electron chi connectivity index (χ4n) is 3.99. The van der Waals surface area contributed by atoms with Gasteiger partial charge in [0.2, 0.25) is 0 Å². The Morgan fingerprint density at radius 2 is 1.92 bits per heavy atom. The average molecular weight is 326 g/mol. The molecule has 4 nitrogen and oxygen atoms in total. The van der Waals surface area contributed by atoms with Crippen LogP contribution in [-0.4, -0.2) is 54.9 Å². The molecule has 2 aromatic carbocycles. The molecule has 3 aliphatic heterocycles. The molecule has 0 radical (unpaired) electrons. The van der Waals surface area contributed by atoms with Gasteiger partial charge in [-0.3, -0.25) is 0 Å². The molecule has 0 amide bonds. The van der Waals surface area contributed by atoms with Gasteiger partial charge in [0.1, 0.15) is 18.5 Å². The molecule has 0 unspecified atom stereocenters. The number of hydrogen-bond acceptors (Lipinski definition) is 4. The van der Waals surface area contributed by atoms with E-state index in [-0.39, 0.29) is 0 Å². The summed E-state index contributed by atoms with van der Waals surface area (Å²) in [6.07, 6.45) is 2.11. The molecule has 3 fully saturated rings. The smallest absolute Gasteiger partial charge is 0.120 e. The molecule has 3 aliphatic rings. The molecule has 0 saturated carbocycles. The van der Waals surface area contributed by atoms with Crippen molar-refractivity contribution in [2.75, 3.05) is 32.8 Å². The molecule has 2 atom stereocenters. The second-order valence-electron chi connectivity index (χ2n) is 7.13. The van der Waals surface area contributed by atoms with Gasteiger partial charge < -0.3 is 20.1 Å². The van der Waals surface area contributed by atoms with Crippen LogP contribution < -0.4 is 10.1 Å². The summed E-state index contributed by atoms with van der Waals surface area (Å²) in [6.45, 7) is 4.55. The Hall–Kier alpha value is -1.62. The van der Waals surface area contributed by atoms with Gasteiger partial charge in [0.05, 0.1) is 0 Å². The molecule has 3 heterocycles. The van der Waals surface area contributed by atoms with Crippen LogP contribution in [0.5, 0.6) is 5.75 Å². The fourth-order valence-corrected chi connectivity index (χ4v) is 3.99. The van der Waals surface area contributed by atoms with E-state index in [9.17, 15) is 5.11 Å². The van der Waals surface area contributed by atoms with Gasteiger partial charge >= 0.3 is 0 Å². The molecule has 0 spiro atoms. The van der Waals surface area contributed by atoms with E-state index in [0.717, 1.165) is 23.6 Å². The van der Waals surface area contributed by atoms with E-state index in [1.54, 1.807) is 0 Å². The summed E-state index contributed by atoms with van der Waals surface area (Å²) in [7, 11) is 0. The van der Waals surface area contributed by atoms with E-state index in [2.05, 4.69) is 28.4 Å². The van der Waals surface area contributed by atoms with Crippen molar-refractivity contribution < 1.29 is 9.84 Å². The summed E-state index contributed by atoms with van der Waals surface area (Å²) in [6, 6.07) is 14.8. The first-order valence-corrected chi connectivity index (χ1v) is 9.03. The Kier molecular flexibility index (Phi) is 4.69. The minimum atomic E-state index is -0.480. The molecule has 3 saturated heterocycles. The summed E-state index contributed by atoms with van der Waals surface area (Å²) in [4.78, 5) is 2.52. The Morgan fingerprint density at radius 3 is 2.67 bits per heavy atom. The monoisotopic (exact) mass is 326 g/mol. The van der Waals surface area contributed by atoms with E-state index < -0.39 is 6.10 Å². The Bertz CT molecular complexity index is 682. The molecule has 128 valence electrons. The van der Waals surface area contributed by atoms with E-state index in [0.29, 0.717) is 19.2 Å². The predicted molar refractivity (Wildman–Crippen MR) is 96.4 cm³/mol. The third-order valence-corrected chi connectivity index (χ3v) is 5.44. The van der Waals surface area contributed by atoms with E-state index >= 15 is 0 Å². The maximum Gasteiger partial charge on any atom is 0.120 e. The summed E-state index contributed by atoms with van der Waals surface area (Å²) >= 11 is 0. The van der Waals surface area contributed by atoms with Crippen molar-refractivity contribution in [1.29, 1.82) is 0 Å². The van der Waals surface area contributed by atoms with Crippen molar-refractivity contribution in [3.05, 3.63) is 42.5 Å². The van der Waals surface area contributed by atoms with Crippen molar-refractivity contribution in [2.45, 2.75) is 25.0 Å². The van der Waals surface area contributed by atoms with E-state index in [1.807, 2.05) is 24.3 Å². The number of aliphatic hydroxyl groups excluding tert-OH is 1. The van der Waals surface area contributed by atoms with Gasteiger partial charge in [-0.25, -0.2) is 0 Å². The van der Waals surface area contributed by atoms with Crippen LogP contribution in [-0.2, 0) is 0 Å². The molecule has 2 N–H and O–H groups in total. The predicted octanol–water partition coefficient (Wildman–Crippen LogP) is 2.26. The van der Waals surface area contributed by atoms with Gasteiger partial charge in [0, 0.05) is 19.1 Å². The first-order valence-electron chi connectivity index (χ1n) is 9.03. The third kappa shape index (κ3) is 3.56. The standard InChI is InChI=1S/C20H26N2O2/c23-18(12-21-20-13-22-9-7-16(20)8-10-22)14-24-19-6-5-15-3-1-2-4-17(15)11-19/h1-6,11,16,18,20-21,23H,7-10,12-14H2/t18-,20+/m0/s1. The summed E-state index contributed by atoms with van der Waals surface area (Å²) in [5, 5.41) is 16.1. The van der Waals surface area contributed by atoms with Crippen LogP contribution in [0.25, 0.3) is 10.8 Å². The second-order valence-corrected chi connectivity index (χ2v) is 7.13. The SMILES string of the molecule is O[C@@H](CN[C@@H]1CN2CCC1CC2)COc1ccc2ccccc2c1. The molecule has 4 heteroatoms. The van der Waals surface area contributed by atoms with Crippen molar-refractivity contribution in [1.82, 2.24) is 10.2 Å². The highest BCUT2D eigenvalue weighted by Gasteiger charge is 2.33. The van der Waals surface area contributed by atoms with Crippen LogP contribution in [0.15, 0.2) is 42.5 Å². The number of benzene rings is 2. The van der Waals surface area contributed by atoms with Crippen molar-refractivity contribution in [3.8, 4) is 5.75 Å². The lowest BCUT2D eigenvalue weighted by Crippen LogP contribution is -2.57. The summed E-state index contributed by atoms with van der Waals surface area (Å²) in [5.41, 5.74) is 0. The van der Waals surface area contributed by atoms with Crippen LogP contribution >= 0.6 is 0 Å². The van der Waals surface area contributed by atoms with Crippen LogP contribution in [0.4, 0.5) is 0 Å². The first kappa shape index (κ1) is 15.9. The van der Waals surface area contributed by atoms with Gasteiger partial charge in [0.15, 0.2) is 0 Å². The number of nitrogens with one attached hydrogen (secondary N) is 1. The van der Waals surface area contributed by atoms with Gasteiger partial charge in [-0.15, -0.1) is 0 Å². The molecule has 2 bridgehead atoms. The van der Waals surface area contributed by atoms with Crippen LogP contribution in [0.1, 0.15) is 12.8 Å². The zero-order chi connectivity index (χ0) is 16.4. The summed E-state index contributed by atoms with van der Waals surface area (Å²) < 4.78 is 5.78. The Balaban J connectivity index is 1.26. The number of hydrogen-bond donors (Lipinski definition) is 2. The minimum Gasteiger partial charge on any atom is -0.491 e. The summed E-state index contributed by atoms with van der Waals surface area (Å²) in [5.74, 6) is 1.60. The Labute approximate surface area is 143 Å². The lowest BCUT2D eigenvalue weighted by atomic mass is 9.84. The maximum absolute atomic E-state index is 10.2. The fraction of sp³-hybridized carbons (Fsp3) is 0.500. The quantitative estimate of drug-likeness (QED) is 0.855. The molecule has 5 rings (SSSR count). The molecular formula is C20H26N2O2. The average Bonchev–Trinajstić information content (AvgIpc) is 2.65. The lowest BCUT2D eigenvalue weighted by Gasteiger charge is -2.45. The highest BCUT2D eigenvalue weighted by molar-refractivity contribution is 5.83. The van der Waals surface area contributed by atoms with Crippen molar-refractivity contribution in [3.63, 3.8) is 0 Å². The second kappa shape index (κ2) is 7.09. The van der Waals surface area contributed by atoms with E-state index in [4.69, 9.17) is 4.74 Å². The van der Waals surface area contributed by atoms with Crippen molar-refractivity contribution in [2.24, 2.45) is 5.92 Å². The van der Waals surface area contributed by atoms with Crippen LogP contribution in [0.3, 0.4) is 0 Å². The third-order valence-electron chi connectivity index (χ3n) is 5.44. The Morgan fingerprint density at radius 1 is 1.12 bits per heavy atom. The zero-order valence-corrected chi connectivity index (χ0v) is 14.0. The largest absolute Gasteiger partial charge is 0.491 e.